The van der Waals surface area contributed by atoms with Crippen LogP contribution >= 0.6 is 0 Å². The van der Waals surface area contributed by atoms with Gasteiger partial charge in [0.2, 0.25) is 0 Å². The topological polar surface area (TPSA) is 53.2 Å². The standard InChI is InChI=1S/C13H15NO3/c1-9-4-6-13(7-5-9)11-10(12(15)17-13)3-2-8-14(11)16/h2-3,8-9H,4-7H2,1H3. The SMILES string of the molecule is CC1CCC2(CC1)OC(=O)c1ccc[n+]([O-])c12. The van der Waals surface area contributed by atoms with Crippen molar-refractivity contribution >= 4 is 5.97 Å². The summed E-state index contributed by atoms with van der Waals surface area (Å²) in [6.45, 7) is 2.20. The number of esters is 1. The summed E-state index contributed by atoms with van der Waals surface area (Å²) in [5.41, 5.74) is 0.316. The molecule has 0 bridgehead atoms. The van der Waals surface area contributed by atoms with Crippen LogP contribution < -0.4 is 4.73 Å². The number of hydrogen-bond donors (Lipinski definition) is 0. The third kappa shape index (κ3) is 1.43. The third-order valence-electron chi connectivity index (χ3n) is 3.98. The number of carbonyl (C=O) groups excluding carboxylic acids is 1. The van der Waals surface area contributed by atoms with E-state index in [1.54, 1.807) is 12.1 Å². The first-order chi connectivity index (χ1) is 8.12. The minimum Gasteiger partial charge on any atom is -0.618 e. The van der Waals surface area contributed by atoms with E-state index in [0.717, 1.165) is 30.4 Å². The molecule has 4 nitrogen and oxygen atoms in total. The fourth-order valence-electron chi connectivity index (χ4n) is 2.95. The van der Waals surface area contributed by atoms with Crippen molar-refractivity contribution in [2.45, 2.75) is 38.2 Å². The number of hydrogen-bond acceptors (Lipinski definition) is 3. The van der Waals surface area contributed by atoms with E-state index in [2.05, 4.69) is 6.92 Å². The summed E-state index contributed by atoms with van der Waals surface area (Å²) < 4.78 is 6.33. The number of rotatable bonds is 0. The lowest BCUT2D eigenvalue weighted by Gasteiger charge is -2.33. The average molecular weight is 233 g/mol. The Bertz CT molecular complexity index is 476. The van der Waals surface area contributed by atoms with Crippen molar-refractivity contribution in [3.05, 3.63) is 34.8 Å². The molecule has 1 aliphatic carbocycles. The number of fused-ring (bicyclic) bond motifs is 2. The van der Waals surface area contributed by atoms with Crippen LogP contribution in [0.1, 0.15) is 48.7 Å². The number of aromatic nitrogens is 1. The Morgan fingerprint density at radius 1 is 1.47 bits per heavy atom. The maximum Gasteiger partial charge on any atom is 0.345 e. The van der Waals surface area contributed by atoms with Crippen molar-refractivity contribution in [3.63, 3.8) is 0 Å². The molecule has 4 heteroatoms. The Kier molecular flexibility index (Phi) is 2.15. The third-order valence-corrected chi connectivity index (χ3v) is 3.98. The first kappa shape index (κ1) is 10.6. The van der Waals surface area contributed by atoms with Crippen molar-refractivity contribution in [3.8, 4) is 0 Å². The molecule has 1 aliphatic heterocycles. The van der Waals surface area contributed by atoms with Gasteiger partial charge in [0, 0.05) is 6.07 Å². The van der Waals surface area contributed by atoms with E-state index in [1.165, 1.54) is 6.20 Å². The molecule has 0 radical (unpaired) electrons. The summed E-state index contributed by atoms with van der Waals surface area (Å²) >= 11 is 0. The van der Waals surface area contributed by atoms with Crippen LogP contribution in [0, 0.1) is 11.1 Å². The Morgan fingerprint density at radius 3 is 2.88 bits per heavy atom. The normalized spacial score (nSPS) is 31.4. The van der Waals surface area contributed by atoms with Gasteiger partial charge in [-0.25, -0.2) is 4.79 Å². The molecule has 1 fully saturated rings. The fraction of sp³-hybridized carbons (Fsp3) is 0.538. The summed E-state index contributed by atoms with van der Waals surface area (Å²) in [5, 5.41) is 11.9. The van der Waals surface area contributed by atoms with Gasteiger partial charge in [-0.05, 0) is 37.7 Å². The molecule has 0 N–H and O–H groups in total. The predicted molar refractivity (Wildman–Crippen MR) is 60.1 cm³/mol. The second kappa shape index (κ2) is 3.45. The Labute approximate surface area is 99.8 Å². The molecule has 1 aromatic rings. The second-order valence-electron chi connectivity index (χ2n) is 5.16. The van der Waals surface area contributed by atoms with Crippen molar-refractivity contribution in [1.29, 1.82) is 0 Å². The molecule has 2 heterocycles. The van der Waals surface area contributed by atoms with Gasteiger partial charge in [-0.1, -0.05) is 6.92 Å². The Hall–Kier alpha value is -1.58. The van der Waals surface area contributed by atoms with Crippen LogP contribution in [0.5, 0.6) is 0 Å². The number of carbonyl (C=O) groups is 1. The van der Waals surface area contributed by atoms with E-state index in [4.69, 9.17) is 4.74 Å². The first-order valence-corrected chi connectivity index (χ1v) is 6.08. The molecule has 0 saturated heterocycles. The van der Waals surface area contributed by atoms with Gasteiger partial charge in [-0.2, -0.15) is 4.73 Å². The summed E-state index contributed by atoms with van der Waals surface area (Å²) in [7, 11) is 0. The van der Waals surface area contributed by atoms with Gasteiger partial charge < -0.3 is 9.94 Å². The van der Waals surface area contributed by atoms with Crippen LogP contribution in [0.3, 0.4) is 0 Å². The van der Waals surface area contributed by atoms with Gasteiger partial charge in [0.05, 0.1) is 0 Å². The fourth-order valence-corrected chi connectivity index (χ4v) is 2.95. The maximum atomic E-state index is 11.9. The van der Waals surface area contributed by atoms with Crippen LogP contribution in [0.4, 0.5) is 0 Å². The largest absolute Gasteiger partial charge is 0.618 e. The molecule has 17 heavy (non-hydrogen) atoms. The van der Waals surface area contributed by atoms with Crippen molar-refractivity contribution in [2.24, 2.45) is 5.92 Å². The lowest BCUT2D eigenvalue weighted by atomic mass is 9.77. The predicted octanol–water partition coefficient (Wildman–Crippen LogP) is 1.90. The van der Waals surface area contributed by atoms with Gasteiger partial charge >= 0.3 is 5.97 Å². The van der Waals surface area contributed by atoms with Crippen molar-refractivity contribution < 1.29 is 14.3 Å². The molecular formula is C13H15NO3. The van der Waals surface area contributed by atoms with E-state index in [0.29, 0.717) is 17.2 Å². The molecule has 0 atom stereocenters. The van der Waals surface area contributed by atoms with E-state index in [9.17, 15) is 10.0 Å². The van der Waals surface area contributed by atoms with Crippen LogP contribution in [-0.4, -0.2) is 5.97 Å². The van der Waals surface area contributed by atoms with Gasteiger partial charge in [0.1, 0.15) is 5.56 Å². The lowest BCUT2D eigenvalue weighted by molar-refractivity contribution is -0.621. The average Bonchev–Trinajstić information content (AvgIpc) is 2.59. The molecule has 1 saturated carbocycles. The molecule has 0 unspecified atom stereocenters. The van der Waals surface area contributed by atoms with E-state index in [-0.39, 0.29) is 5.97 Å². The Morgan fingerprint density at radius 2 is 2.18 bits per heavy atom. The number of nitrogens with zero attached hydrogens (tertiary/aromatic N) is 1. The lowest BCUT2D eigenvalue weighted by Crippen LogP contribution is -2.43. The van der Waals surface area contributed by atoms with Crippen molar-refractivity contribution in [2.75, 3.05) is 0 Å². The zero-order chi connectivity index (χ0) is 12.0. The zero-order valence-corrected chi connectivity index (χ0v) is 9.81. The highest BCUT2D eigenvalue weighted by Crippen LogP contribution is 2.46. The van der Waals surface area contributed by atoms with E-state index in [1.807, 2.05) is 0 Å². The Balaban J connectivity index is 2.09. The molecule has 0 amide bonds. The molecule has 90 valence electrons. The molecule has 0 aromatic carbocycles. The molecule has 1 aromatic heterocycles. The number of ether oxygens (including phenoxy) is 1. The molecule has 2 aliphatic rings. The van der Waals surface area contributed by atoms with E-state index >= 15 is 0 Å². The molecular weight excluding hydrogens is 218 g/mol. The summed E-state index contributed by atoms with van der Waals surface area (Å²) in [6, 6.07) is 3.27. The number of pyridine rings is 1. The van der Waals surface area contributed by atoms with Gasteiger partial charge in [0.25, 0.3) is 5.69 Å². The van der Waals surface area contributed by atoms with Crippen molar-refractivity contribution in [1.82, 2.24) is 0 Å². The van der Waals surface area contributed by atoms with Crippen LogP contribution in [0.2, 0.25) is 0 Å². The molecule has 3 rings (SSSR count). The quantitative estimate of drug-likeness (QED) is 0.390. The highest BCUT2D eigenvalue weighted by atomic mass is 16.6. The highest BCUT2D eigenvalue weighted by molar-refractivity contribution is 5.93. The van der Waals surface area contributed by atoms with Gasteiger partial charge in [-0.15, -0.1) is 0 Å². The summed E-state index contributed by atoms with van der Waals surface area (Å²) in [4.78, 5) is 11.8. The minimum atomic E-state index is -0.651. The highest BCUT2D eigenvalue weighted by Gasteiger charge is 2.53. The first-order valence-electron chi connectivity index (χ1n) is 6.08. The second-order valence-corrected chi connectivity index (χ2v) is 5.16. The monoisotopic (exact) mass is 233 g/mol. The van der Waals surface area contributed by atoms with Crippen LogP contribution in [0.25, 0.3) is 0 Å². The van der Waals surface area contributed by atoms with Crippen LogP contribution in [0.15, 0.2) is 18.3 Å². The van der Waals surface area contributed by atoms with Gasteiger partial charge in [0.15, 0.2) is 11.8 Å². The van der Waals surface area contributed by atoms with Gasteiger partial charge in [-0.3, -0.25) is 0 Å². The maximum absolute atomic E-state index is 11.9. The zero-order valence-electron chi connectivity index (χ0n) is 9.81. The molecule has 1 spiro atoms. The smallest absolute Gasteiger partial charge is 0.345 e. The summed E-state index contributed by atoms with van der Waals surface area (Å²) in [6.07, 6.45) is 4.97. The van der Waals surface area contributed by atoms with Crippen LogP contribution in [-0.2, 0) is 10.3 Å². The summed E-state index contributed by atoms with van der Waals surface area (Å²) in [5.74, 6) is 0.298. The minimum absolute atomic E-state index is 0.347. The van der Waals surface area contributed by atoms with E-state index < -0.39 is 5.60 Å².